The molecule has 3 aromatic carbocycles. The summed E-state index contributed by atoms with van der Waals surface area (Å²) in [5, 5.41) is 4.74. The van der Waals surface area contributed by atoms with Crippen molar-refractivity contribution >= 4 is 28.4 Å². The summed E-state index contributed by atoms with van der Waals surface area (Å²) in [5.41, 5.74) is 3.38. The zero-order chi connectivity index (χ0) is 20.1. The number of halogens is 1. The van der Waals surface area contributed by atoms with Gasteiger partial charge < -0.3 is 15.0 Å². The summed E-state index contributed by atoms with van der Waals surface area (Å²) < 4.78 is 5.54. The topological polar surface area (TPSA) is 54.1 Å². The molecule has 0 aliphatic rings. The maximum atomic E-state index is 12.4. The Labute approximate surface area is 174 Å². The Morgan fingerprint density at radius 3 is 2.62 bits per heavy atom. The average Bonchev–Trinajstić information content (AvgIpc) is 3.17. The van der Waals surface area contributed by atoms with E-state index < -0.39 is 0 Å². The number of aromatic amines is 1. The molecule has 0 radical (unpaired) electrons. The third-order valence-electron chi connectivity index (χ3n) is 4.87. The number of H-pyrrole nitrogens is 1. The molecule has 29 heavy (non-hydrogen) atoms. The molecule has 0 saturated heterocycles. The Balaban J connectivity index is 1.48. The van der Waals surface area contributed by atoms with E-state index in [1.165, 1.54) is 0 Å². The van der Waals surface area contributed by atoms with Gasteiger partial charge in [-0.1, -0.05) is 66.2 Å². The predicted molar refractivity (Wildman–Crippen MR) is 117 cm³/mol. The van der Waals surface area contributed by atoms with Crippen LogP contribution in [0.3, 0.4) is 0 Å². The quantitative estimate of drug-likeness (QED) is 0.447. The summed E-state index contributed by atoms with van der Waals surface area (Å²) in [5.74, 6) is 0.428. The first-order chi connectivity index (χ1) is 14.2. The number of fused-ring (bicyclic) bond motifs is 1. The van der Waals surface area contributed by atoms with Gasteiger partial charge in [0.15, 0.2) is 6.61 Å². The molecule has 2 N–H and O–H groups in total. The highest BCUT2D eigenvalue weighted by molar-refractivity contribution is 6.30. The lowest BCUT2D eigenvalue weighted by molar-refractivity contribution is -0.123. The van der Waals surface area contributed by atoms with Gasteiger partial charge in [0, 0.05) is 34.6 Å². The van der Waals surface area contributed by atoms with Gasteiger partial charge in [-0.05, 0) is 35.4 Å². The lowest BCUT2D eigenvalue weighted by Gasteiger charge is -2.18. The molecular weight excluding hydrogens is 384 g/mol. The zero-order valence-corrected chi connectivity index (χ0v) is 16.5. The Morgan fingerprint density at radius 1 is 1.00 bits per heavy atom. The van der Waals surface area contributed by atoms with E-state index >= 15 is 0 Å². The molecule has 1 aromatic heterocycles. The highest BCUT2D eigenvalue weighted by atomic mass is 35.5. The molecule has 0 fully saturated rings. The molecule has 4 nitrogen and oxygen atoms in total. The molecule has 146 valence electrons. The molecule has 0 aliphatic carbocycles. The van der Waals surface area contributed by atoms with Crippen molar-refractivity contribution in [1.82, 2.24) is 10.3 Å². The van der Waals surface area contributed by atoms with Crippen molar-refractivity contribution in [3.8, 4) is 5.75 Å². The summed E-state index contributed by atoms with van der Waals surface area (Å²) in [6.45, 7) is 0.416. The predicted octanol–water partition coefficient (Wildman–Crippen LogP) is 5.15. The minimum atomic E-state index is -0.175. The first-order valence-corrected chi connectivity index (χ1v) is 9.84. The Morgan fingerprint density at radius 2 is 1.79 bits per heavy atom. The number of carbonyl (C=O) groups is 1. The highest BCUT2D eigenvalue weighted by Gasteiger charge is 2.19. The summed E-state index contributed by atoms with van der Waals surface area (Å²) in [7, 11) is 0. The number of hydrogen-bond donors (Lipinski definition) is 2. The lowest BCUT2D eigenvalue weighted by Crippen LogP contribution is -2.32. The highest BCUT2D eigenvalue weighted by Crippen LogP contribution is 2.30. The van der Waals surface area contributed by atoms with Crippen molar-refractivity contribution in [1.29, 1.82) is 0 Å². The van der Waals surface area contributed by atoms with Crippen molar-refractivity contribution in [3.05, 3.63) is 101 Å². The number of nitrogens with one attached hydrogen (secondary N) is 2. The van der Waals surface area contributed by atoms with Crippen molar-refractivity contribution in [2.24, 2.45) is 0 Å². The van der Waals surface area contributed by atoms with Crippen molar-refractivity contribution in [2.75, 3.05) is 13.2 Å². The Hall–Kier alpha value is -3.24. The van der Waals surface area contributed by atoms with E-state index in [-0.39, 0.29) is 18.4 Å². The Bertz CT molecular complexity index is 1110. The van der Waals surface area contributed by atoms with Crippen LogP contribution in [0.2, 0.25) is 5.02 Å². The average molecular weight is 405 g/mol. The SMILES string of the molecule is O=C(COc1cccc(Cl)c1)NCC(c1ccccc1)c1c[nH]c2ccccc12. The monoisotopic (exact) mass is 404 g/mol. The van der Waals surface area contributed by atoms with Gasteiger partial charge in [0.2, 0.25) is 0 Å². The van der Waals surface area contributed by atoms with Crippen molar-refractivity contribution < 1.29 is 9.53 Å². The fourth-order valence-electron chi connectivity index (χ4n) is 3.45. The molecule has 1 amide bonds. The maximum absolute atomic E-state index is 12.4. The summed E-state index contributed by atoms with van der Waals surface area (Å²) in [4.78, 5) is 15.7. The van der Waals surface area contributed by atoms with Crippen LogP contribution in [0.5, 0.6) is 5.75 Å². The van der Waals surface area contributed by atoms with Crippen LogP contribution >= 0.6 is 11.6 Å². The molecular formula is C24H21ClN2O2. The van der Waals surface area contributed by atoms with E-state index in [1.807, 2.05) is 36.5 Å². The number of benzene rings is 3. The van der Waals surface area contributed by atoms with Gasteiger partial charge >= 0.3 is 0 Å². The fourth-order valence-corrected chi connectivity index (χ4v) is 3.63. The number of para-hydroxylation sites is 1. The molecule has 1 unspecified atom stereocenters. The number of hydrogen-bond acceptors (Lipinski definition) is 2. The van der Waals surface area contributed by atoms with E-state index in [4.69, 9.17) is 16.3 Å². The van der Waals surface area contributed by atoms with Crippen LogP contribution in [0.4, 0.5) is 0 Å². The van der Waals surface area contributed by atoms with Gasteiger partial charge in [-0.2, -0.15) is 0 Å². The summed E-state index contributed by atoms with van der Waals surface area (Å²) in [6, 6.07) is 25.4. The largest absolute Gasteiger partial charge is 0.484 e. The van der Waals surface area contributed by atoms with Crippen LogP contribution in [0.15, 0.2) is 85.1 Å². The van der Waals surface area contributed by atoms with Crippen molar-refractivity contribution in [3.63, 3.8) is 0 Å². The number of rotatable bonds is 7. The van der Waals surface area contributed by atoms with E-state index in [0.29, 0.717) is 17.3 Å². The minimum absolute atomic E-state index is 0.0301. The third kappa shape index (κ3) is 4.61. The molecule has 5 heteroatoms. The molecule has 4 rings (SSSR count). The zero-order valence-electron chi connectivity index (χ0n) is 15.8. The molecule has 0 spiro atoms. The van der Waals surface area contributed by atoms with Crippen molar-refractivity contribution in [2.45, 2.75) is 5.92 Å². The van der Waals surface area contributed by atoms with Gasteiger partial charge in [0.25, 0.3) is 5.91 Å². The second kappa shape index (κ2) is 8.84. The summed E-state index contributed by atoms with van der Waals surface area (Å²) in [6.07, 6.45) is 2.02. The van der Waals surface area contributed by atoms with Crippen LogP contribution in [0, 0.1) is 0 Å². The minimum Gasteiger partial charge on any atom is -0.484 e. The van der Waals surface area contributed by atoms with E-state index in [9.17, 15) is 4.79 Å². The standard InChI is InChI=1S/C24H21ClN2O2/c25-18-9-6-10-19(13-18)29-16-24(28)27-14-21(17-7-2-1-3-8-17)22-15-26-23-12-5-4-11-20(22)23/h1-13,15,21,26H,14,16H2,(H,27,28). The second-order valence-corrected chi connectivity index (χ2v) is 7.24. The lowest BCUT2D eigenvalue weighted by atomic mass is 9.91. The first kappa shape index (κ1) is 19.1. The maximum Gasteiger partial charge on any atom is 0.257 e. The molecule has 0 saturated carbocycles. The number of amides is 1. The van der Waals surface area contributed by atoms with E-state index in [1.54, 1.807) is 24.3 Å². The van der Waals surface area contributed by atoms with Crippen LogP contribution in [0.25, 0.3) is 10.9 Å². The number of carbonyl (C=O) groups excluding carboxylic acids is 1. The van der Waals surface area contributed by atoms with E-state index in [0.717, 1.165) is 22.0 Å². The molecule has 4 aromatic rings. The fraction of sp³-hybridized carbons (Fsp3) is 0.125. The molecule has 0 bridgehead atoms. The molecule has 0 aliphatic heterocycles. The normalized spacial score (nSPS) is 11.9. The van der Waals surface area contributed by atoms with Crippen LogP contribution < -0.4 is 10.1 Å². The smallest absolute Gasteiger partial charge is 0.257 e. The van der Waals surface area contributed by atoms with Gasteiger partial charge in [0.1, 0.15) is 5.75 Å². The van der Waals surface area contributed by atoms with Gasteiger partial charge in [-0.3, -0.25) is 4.79 Å². The first-order valence-electron chi connectivity index (χ1n) is 9.47. The van der Waals surface area contributed by atoms with Crippen LogP contribution in [-0.4, -0.2) is 24.0 Å². The van der Waals surface area contributed by atoms with Gasteiger partial charge in [0.05, 0.1) is 0 Å². The third-order valence-corrected chi connectivity index (χ3v) is 5.10. The van der Waals surface area contributed by atoms with Crippen LogP contribution in [-0.2, 0) is 4.79 Å². The van der Waals surface area contributed by atoms with E-state index in [2.05, 4.69) is 34.6 Å². The molecule has 1 heterocycles. The molecule has 1 atom stereocenters. The second-order valence-electron chi connectivity index (χ2n) is 6.80. The van der Waals surface area contributed by atoms with Gasteiger partial charge in [-0.25, -0.2) is 0 Å². The summed E-state index contributed by atoms with van der Waals surface area (Å²) >= 11 is 5.95. The number of ether oxygens (including phenoxy) is 1. The number of aromatic nitrogens is 1. The van der Waals surface area contributed by atoms with Gasteiger partial charge in [-0.15, -0.1) is 0 Å². The Kier molecular flexibility index (Phi) is 5.82. The van der Waals surface area contributed by atoms with Crippen LogP contribution in [0.1, 0.15) is 17.0 Å².